The lowest BCUT2D eigenvalue weighted by Gasteiger charge is -2.02. The Bertz CT molecular complexity index is 492. The zero-order valence-electron chi connectivity index (χ0n) is 9.02. The van der Waals surface area contributed by atoms with Gasteiger partial charge in [-0.15, -0.1) is 5.10 Å². The monoisotopic (exact) mass is 220 g/mol. The summed E-state index contributed by atoms with van der Waals surface area (Å²) in [5.41, 5.74) is 7.46. The van der Waals surface area contributed by atoms with Crippen LogP contribution < -0.4 is 5.73 Å². The number of rotatable bonds is 3. The van der Waals surface area contributed by atoms with Crippen molar-refractivity contribution < 1.29 is 4.39 Å². The van der Waals surface area contributed by atoms with Gasteiger partial charge in [-0.1, -0.05) is 11.3 Å². The predicted molar refractivity (Wildman–Crippen MR) is 58.8 cm³/mol. The van der Waals surface area contributed by atoms with Crippen LogP contribution in [0.5, 0.6) is 0 Å². The maximum Gasteiger partial charge on any atom is 0.149 e. The van der Waals surface area contributed by atoms with E-state index in [4.69, 9.17) is 5.73 Å². The summed E-state index contributed by atoms with van der Waals surface area (Å²) in [4.78, 5) is 0. The first-order valence-corrected chi connectivity index (χ1v) is 5.08. The lowest BCUT2D eigenvalue weighted by molar-refractivity contribution is 0.606. The summed E-state index contributed by atoms with van der Waals surface area (Å²) in [5, 5.41) is 7.78. The topological polar surface area (TPSA) is 56.7 Å². The van der Waals surface area contributed by atoms with Crippen molar-refractivity contribution in [2.45, 2.75) is 13.3 Å². The Labute approximate surface area is 92.9 Å². The third-order valence-corrected chi connectivity index (χ3v) is 2.29. The zero-order chi connectivity index (χ0) is 11.5. The van der Waals surface area contributed by atoms with Crippen LogP contribution in [0.3, 0.4) is 0 Å². The second-order valence-corrected chi connectivity index (χ2v) is 3.65. The molecule has 5 heteroatoms. The Morgan fingerprint density at radius 3 is 2.94 bits per heavy atom. The third kappa shape index (κ3) is 2.09. The van der Waals surface area contributed by atoms with Gasteiger partial charge in [-0.05, 0) is 31.2 Å². The van der Waals surface area contributed by atoms with Crippen LogP contribution >= 0.6 is 0 Å². The average Bonchev–Trinajstić information content (AvgIpc) is 2.67. The number of hydrogen-bond acceptors (Lipinski definition) is 3. The molecule has 4 nitrogen and oxygen atoms in total. The molecule has 84 valence electrons. The number of halogens is 1. The molecule has 0 aliphatic carbocycles. The summed E-state index contributed by atoms with van der Waals surface area (Å²) in [5.74, 6) is -0.302. The quantitative estimate of drug-likeness (QED) is 0.846. The highest BCUT2D eigenvalue weighted by Crippen LogP contribution is 2.14. The Morgan fingerprint density at radius 1 is 1.44 bits per heavy atom. The normalized spacial score (nSPS) is 10.7. The first-order chi connectivity index (χ1) is 7.70. The van der Waals surface area contributed by atoms with E-state index in [1.807, 2.05) is 13.0 Å². The second kappa shape index (κ2) is 4.40. The lowest BCUT2D eigenvalue weighted by atomic mass is 10.2. The Balaban J connectivity index is 2.35. The highest BCUT2D eigenvalue weighted by Gasteiger charge is 2.07. The number of aryl methyl sites for hydroxylation is 1. The van der Waals surface area contributed by atoms with Crippen LogP contribution in [-0.4, -0.2) is 21.5 Å². The molecule has 0 aliphatic rings. The molecule has 0 radical (unpaired) electrons. The summed E-state index contributed by atoms with van der Waals surface area (Å²) in [7, 11) is 0. The molecular weight excluding hydrogens is 207 g/mol. The van der Waals surface area contributed by atoms with E-state index < -0.39 is 0 Å². The van der Waals surface area contributed by atoms with Gasteiger partial charge in [0.05, 0.1) is 11.9 Å². The van der Waals surface area contributed by atoms with Crippen LogP contribution in [0.15, 0.2) is 24.4 Å². The Kier molecular flexibility index (Phi) is 2.96. The average molecular weight is 220 g/mol. The van der Waals surface area contributed by atoms with Gasteiger partial charge in [0, 0.05) is 6.42 Å². The minimum atomic E-state index is -0.302. The number of aromatic nitrogens is 3. The van der Waals surface area contributed by atoms with Gasteiger partial charge in [0.2, 0.25) is 0 Å². The van der Waals surface area contributed by atoms with E-state index in [1.165, 1.54) is 10.7 Å². The largest absolute Gasteiger partial charge is 0.330 e. The summed E-state index contributed by atoms with van der Waals surface area (Å²) in [6.45, 7) is 2.35. The number of benzene rings is 1. The molecule has 2 N–H and O–H groups in total. The zero-order valence-corrected chi connectivity index (χ0v) is 9.02. The minimum absolute atomic E-state index is 0.302. The predicted octanol–water partition coefficient (Wildman–Crippen LogP) is 1.22. The summed E-state index contributed by atoms with van der Waals surface area (Å²) >= 11 is 0. The van der Waals surface area contributed by atoms with E-state index in [1.54, 1.807) is 12.3 Å². The molecule has 0 bridgehead atoms. The second-order valence-electron chi connectivity index (χ2n) is 3.65. The molecule has 2 rings (SSSR count). The molecule has 0 saturated heterocycles. The molecule has 2 aromatic rings. The van der Waals surface area contributed by atoms with Crippen molar-refractivity contribution in [2.24, 2.45) is 5.73 Å². The van der Waals surface area contributed by atoms with Crippen molar-refractivity contribution in [3.8, 4) is 5.69 Å². The smallest absolute Gasteiger partial charge is 0.149 e. The van der Waals surface area contributed by atoms with Crippen molar-refractivity contribution in [3.63, 3.8) is 0 Å². The molecular formula is C11H13FN4. The summed E-state index contributed by atoms with van der Waals surface area (Å²) in [6.07, 6.45) is 2.34. The van der Waals surface area contributed by atoms with E-state index in [9.17, 15) is 4.39 Å². The van der Waals surface area contributed by atoms with Crippen molar-refractivity contribution in [1.29, 1.82) is 0 Å². The maximum absolute atomic E-state index is 13.6. The first kappa shape index (κ1) is 10.8. The molecule has 1 heterocycles. The molecule has 0 spiro atoms. The van der Waals surface area contributed by atoms with Crippen LogP contribution in [0.4, 0.5) is 4.39 Å². The summed E-state index contributed by atoms with van der Waals surface area (Å²) in [6, 6.07) is 4.99. The number of nitrogens with two attached hydrogens (primary N) is 1. The van der Waals surface area contributed by atoms with Gasteiger partial charge in [-0.25, -0.2) is 9.07 Å². The van der Waals surface area contributed by atoms with Crippen molar-refractivity contribution in [1.82, 2.24) is 15.0 Å². The summed E-state index contributed by atoms with van der Waals surface area (Å²) < 4.78 is 15.0. The van der Waals surface area contributed by atoms with Crippen molar-refractivity contribution in [3.05, 3.63) is 41.5 Å². The minimum Gasteiger partial charge on any atom is -0.330 e. The molecule has 0 aliphatic heterocycles. The van der Waals surface area contributed by atoms with E-state index in [2.05, 4.69) is 10.3 Å². The molecule has 0 fully saturated rings. The Morgan fingerprint density at radius 2 is 2.25 bits per heavy atom. The van der Waals surface area contributed by atoms with E-state index in [0.29, 0.717) is 18.7 Å². The Hall–Kier alpha value is -1.75. The maximum atomic E-state index is 13.6. The van der Waals surface area contributed by atoms with Gasteiger partial charge in [0.1, 0.15) is 11.5 Å². The highest BCUT2D eigenvalue weighted by atomic mass is 19.1. The van der Waals surface area contributed by atoms with E-state index in [0.717, 1.165) is 11.3 Å². The fourth-order valence-corrected chi connectivity index (χ4v) is 1.48. The van der Waals surface area contributed by atoms with Gasteiger partial charge in [0.25, 0.3) is 0 Å². The lowest BCUT2D eigenvalue weighted by Crippen LogP contribution is -2.02. The van der Waals surface area contributed by atoms with Crippen molar-refractivity contribution >= 4 is 0 Å². The molecule has 1 aromatic carbocycles. The van der Waals surface area contributed by atoms with Crippen LogP contribution in [0, 0.1) is 12.7 Å². The van der Waals surface area contributed by atoms with Gasteiger partial charge in [-0.3, -0.25) is 0 Å². The van der Waals surface area contributed by atoms with E-state index in [-0.39, 0.29) is 5.82 Å². The molecule has 0 unspecified atom stereocenters. The fourth-order valence-electron chi connectivity index (χ4n) is 1.48. The first-order valence-electron chi connectivity index (χ1n) is 5.08. The fraction of sp³-hybridized carbons (Fsp3) is 0.273. The molecule has 0 saturated carbocycles. The van der Waals surface area contributed by atoms with Crippen molar-refractivity contribution in [2.75, 3.05) is 6.54 Å². The highest BCUT2D eigenvalue weighted by molar-refractivity contribution is 5.35. The SMILES string of the molecule is Cc1ccc(-n2cc(CCN)nn2)c(F)c1. The molecule has 16 heavy (non-hydrogen) atoms. The van der Waals surface area contributed by atoms with Crippen LogP contribution in [0.2, 0.25) is 0 Å². The molecule has 1 aromatic heterocycles. The van der Waals surface area contributed by atoms with Crippen LogP contribution in [-0.2, 0) is 6.42 Å². The number of hydrogen-bond donors (Lipinski definition) is 1. The number of nitrogens with zero attached hydrogens (tertiary/aromatic N) is 3. The standard InChI is InChI=1S/C11H13FN4/c1-8-2-3-11(10(12)6-8)16-7-9(4-5-13)14-15-16/h2-3,6-7H,4-5,13H2,1H3. The molecule has 0 atom stereocenters. The van der Waals surface area contributed by atoms with Gasteiger partial charge >= 0.3 is 0 Å². The third-order valence-electron chi connectivity index (χ3n) is 2.29. The van der Waals surface area contributed by atoms with Crippen LogP contribution in [0.25, 0.3) is 5.69 Å². The van der Waals surface area contributed by atoms with Gasteiger partial charge < -0.3 is 5.73 Å². The van der Waals surface area contributed by atoms with E-state index >= 15 is 0 Å². The molecule has 0 amide bonds. The van der Waals surface area contributed by atoms with Crippen LogP contribution in [0.1, 0.15) is 11.3 Å². The van der Waals surface area contributed by atoms with Gasteiger partial charge in [-0.2, -0.15) is 0 Å². The van der Waals surface area contributed by atoms with Gasteiger partial charge in [0.15, 0.2) is 0 Å².